The van der Waals surface area contributed by atoms with E-state index >= 15 is 0 Å². The van der Waals surface area contributed by atoms with Crippen molar-refractivity contribution in [3.63, 3.8) is 0 Å². The molecule has 5 aromatic heterocycles. The predicted molar refractivity (Wildman–Crippen MR) is 236 cm³/mol. The summed E-state index contributed by atoms with van der Waals surface area (Å²) in [5, 5.41) is 0. The molecule has 0 atom stereocenters. The molecule has 0 bridgehead atoms. The molecule has 0 spiro atoms. The van der Waals surface area contributed by atoms with Crippen molar-refractivity contribution in [3.05, 3.63) is 200 Å². The molecule has 0 fully saturated rings. The van der Waals surface area contributed by atoms with Crippen LogP contribution in [-0.4, -0.2) is 44.9 Å². The smallest absolute Gasteiger partial charge is 0.182 e. The molecule has 5 aromatic carbocycles. The normalized spacial score (nSPS) is 11.0. The monoisotopic (exact) mass is 771 g/mol. The summed E-state index contributed by atoms with van der Waals surface area (Å²) in [7, 11) is 0. The van der Waals surface area contributed by atoms with Gasteiger partial charge in [-0.25, -0.2) is 39.9 Å². The van der Waals surface area contributed by atoms with Gasteiger partial charge >= 0.3 is 0 Å². The molecule has 0 saturated carbocycles. The number of aromatic nitrogens is 9. The summed E-state index contributed by atoms with van der Waals surface area (Å²) in [6, 6.07) is 63.7. The first-order valence-electron chi connectivity index (χ1n) is 19.5. The number of benzene rings is 5. The Morgan fingerprint density at radius 1 is 0.200 bits per heavy atom. The summed E-state index contributed by atoms with van der Waals surface area (Å²) < 4.78 is 0. The van der Waals surface area contributed by atoms with Crippen LogP contribution in [-0.2, 0) is 0 Å². The van der Waals surface area contributed by atoms with Gasteiger partial charge < -0.3 is 0 Å². The third-order valence-corrected chi connectivity index (χ3v) is 9.85. The minimum Gasteiger partial charge on any atom is -0.255 e. The van der Waals surface area contributed by atoms with Gasteiger partial charge in [0.1, 0.15) is 5.69 Å². The number of pyridine rings is 3. The van der Waals surface area contributed by atoms with Crippen LogP contribution in [0.4, 0.5) is 0 Å². The number of rotatable bonds is 9. The topological polar surface area (TPSA) is 116 Å². The lowest BCUT2D eigenvalue weighted by Crippen LogP contribution is -2.02. The molecule has 0 aliphatic rings. The standard InChI is InChI=1S/C51H33N9/c1-5-17-34(18-6-1)46-55-47(35-19-7-2-8-20-35)58-50(57-46)39-26-15-25-38(31-39)40-32-44(41-27-13-14-30-52-41)54-45(33-40)42-28-16-29-43(53-42)51-59-48(36-21-9-3-10-22-36)56-49(60-51)37-23-11-4-12-24-37/h1-33H. The average Bonchev–Trinajstić information content (AvgIpc) is 3.35. The molecule has 0 aliphatic carbocycles. The van der Waals surface area contributed by atoms with E-state index in [2.05, 4.69) is 23.2 Å². The lowest BCUT2D eigenvalue weighted by molar-refractivity contribution is 1.06. The van der Waals surface area contributed by atoms with Gasteiger partial charge in [-0.1, -0.05) is 152 Å². The van der Waals surface area contributed by atoms with Crippen molar-refractivity contribution >= 4 is 0 Å². The van der Waals surface area contributed by atoms with E-state index in [0.717, 1.165) is 44.6 Å². The SMILES string of the molecule is c1ccc(-c2nc(-c3ccccc3)nc(-c3cccc(-c4cc(-c5ccccn5)nc(-c5cccc(-c6nc(-c7ccccc7)nc(-c7ccccc7)n6)n5)c4)c3)n2)cc1. The molecule has 0 amide bonds. The molecule has 0 saturated heterocycles. The average molecular weight is 772 g/mol. The van der Waals surface area contributed by atoms with Gasteiger partial charge in [0, 0.05) is 34.0 Å². The molecule has 9 nitrogen and oxygen atoms in total. The highest BCUT2D eigenvalue weighted by Gasteiger charge is 2.17. The van der Waals surface area contributed by atoms with Crippen molar-refractivity contribution in [3.8, 4) is 102 Å². The van der Waals surface area contributed by atoms with E-state index in [-0.39, 0.29) is 0 Å². The summed E-state index contributed by atoms with van der Waals surface area (Å²) in [5.41, 5.74) is 9.67. The summed E-state index contributed by atoms with van der Waals surface area (Å²) >= 11 is 0. The zero-order valence-corrected chi connectivity index (χ0v) is 32.1. The molecule has 5 heterocycles. The maximum atomic E-state index is 5.13. The Bertz CT molecular complexity index is 2770. The van der Waals surface area contributed by atoms with Crippen molar-refractivity contribution in [1.29, 1.82) is 0 Å². The molecule has 0 radical (unpaired) electrons. The van der Waals surface area contributed by atoms with Crippen LogP contribution < -0.4 is 0 Å². The maximum absolute atomic E-state index is 5.13. The van der Waals surface area contributed by atoms with Gasteiger partial charge in [-0.2, -0.15) is 0 Å². The number of hydrogen-bond donors (Lipinski definition) is 0. The highest BCUT2D eigenvalue weighted by molar-refractivity contribution is 5.78. The highest BCUT2D eigenvalue weighted by Crippen LogP contribution is 2.33. The van der Waals surface area contributed by atoms with Crippen LogP contribution in [0.5, 0.6) is 0 Å². The van der Waals surface area contributed by atoms with E-state index in [1.807, 2.05) is 176 Å². The molecule has 10 aromatic rings. The maximum Gasteiger partial charge on any atom is 0.182 e. The Morgan fingerprint density at radius 3 is 1.07 bits per heavy atom. The van der Waals surface area contributed by atoms with Gasteiger partial charge in [-0.15, -0.1) is 0 Å². The molecule has 0 N–H and O–H groups in total. The lowest BCUT2D eigenvalue weighted by Gasteiger charge is -2.12. The Hall–Kier alpha value is -8.43. The van der Waals surface area contributed by atoms with E-state index in [4.69, 9.17) is 39.9 Å². The third kappa shape index (κ3) is 7.66. The highest BCUT2D eigenvalue weighted by atomic mass is 15.1. The van der Waals surface area contributed by atoms with E-state index in [1.165, 1.54) is 0 Å². The first-order valence-corrected chi connectivity index (χ1v) is 19.5. The van der Waals surface area contributed by atoms with Crippen LogP contribution in [0, 0.1) is 0 Å². The zero-order valence-electron chi connectivity index (χ0n) is 32.1. The molecule has 0 unspecified atom stereocenters. The third-order valence-electron chi connectivity index (χ3n) is 9.85. The lowest BCUT2D eigenvalue weighted by atomic mass is 10.00. The molecular formula is C51H33N9. The Kier molecular flexibility index (Phi) is 9.71. The zero-order chi connectivity index (χ0) is 40.1. The largest absolute Gasteiger partial charge is 0.255 e. The number of hydrogen-bond acceptors (Lipinski definition) is 9. The second-order valence-corrected chi connectivity index (χ2v) is 13.9. The van der Waals surface area contributed by atoms with Gasteiger partial charge in [0.2, 0.25) is 0 Å². The van der Waals surface area contributed by atoms with Crippen molar-refractivity contribution in [2.75, 3.05) is 0 Å². The molecule has 282 valence electrons. The second-order valence-electron chi connectivity index (χ2n) is 13.9. The van der Waals surface area contributed by atoms with Crippen molar-refractivity contribution in [2.45, 2.75) is 0 Å². The fraction of sp³-hybridized carbons (Fsp3) is 0. The Labute approximate surface area is 346 Å². The van der Waals surface area contributed by atoms with E-state index in [1.54, 1.807) is 6.20 Å². The van der Waals surface area contributed by atoms with Crippen molar-refractivity contribution in [2.24, 2.45) is 0 Å². The minimum absolute atomic E-state index is 0.459. The summed E-state index contributed by atoms with van der Waals surface area (Å²) in [5.74, 6) is 3.36. The fourth-order valence-electron chi connectivity index (χ4n) is 6.87. The van der Waals surface area contributed by atoms with E-state index in [9.17, 15) is 0 Å². The first kappa shape index (κ1) is 35.9. The summed E-state index contributed by atoms with van der Waals surface area (Å²) in [6.07, 6.45) is 1.77. The molecule has 60 heavy (non-hydrogen) atoms. The predicted octanol–water partition coefficient (Wildman–Crippen LogP) is 11.2. The van der Waals surface area contributed by atoms with Crippen LogP contribution >= 0.6 is 0 Å². The molecule has 0 aliphatic heterocycles. The van der Waals surface area contributed by atoms with Crippen LogP contribution in [0.25, 0.3) is 102 Å². The Balaban J connectivity index is 1.09. The van der Waals surface area contributed by atoms with Gasteiger partial charge in [0.15, 0.2) is 34.9 Å². The molecule has 10 rings (SSSR count). The van der Waals surface area contributed by atoms with Gasteiger partial charge in [-0.05, 0) is 53.6 Å². The van der Waals surface area contributed by atoms with Crippen LogP contribution in [0.1, 0.15) is 0 Å². The van der Waals surface area contributed by atoms with Gasteiger partial charge in [0.05, 0.1) is 22.8 Å². The fourth-order valence-corrected chi connectivity index (χ4v) is 6.87. The van der Waals surface area contributed by atoms with Gasteiger partial charge in [-0.3, -0.25) is 4.98 Å². The molecule has 9 heteroatoms. The van der Waals surface area contributed by atoms with Crippen molar-refractivity contribution < 1.29 is 0 Å². The van der Waals surface area contributed by atoms with Crippen LogP contribution in [0.15, 0.2) is 200 Å². The van der Waals surface area contributed by atoms with Gasteiger partial charge in [0.25, 0.3) is 0 Å². The first-order chi connectivity index (χ1) is 29.7. The number of nitrogens with zero attached hydrogens (tertiary/aromatic N) is 9. The van der Waals surface area contributed by atoms with E-state index < -0.39 is 0 Å². The second kappa shape index (κ2) is 16.2. The van der Waals surface area contributed by atoms with Crippen molar-refractivity contribution in [1.82, 2.24) is 44.9 Å². The quantitative estimate of drug-likeness (QED) is 0.141. The van der Waals surface area contributed by atoms with E-state index in [0.29, 0.717) is 57.7 Å². The van der Waals surface area contributed by atoms with Crippen LogP contribution in [0.3, 0.4) is 0 Å². The Morgan fingerprint density at radius 2 is 0.567 bits per heavy atom. The molecular weight excluding hydrogens is 739 g/mol. The van der Waals surface area contributed by atoms with Crippen LogP contribution in [0.2, 0.25) is 0 Å². The summed E-state index contributed by atoms with van der Waals surface area (Å²) in [4.78, 5) is 44.5. The minimum atomic E-state index is 0.459. The summed E-state index contributed by atoms with van der Waals surface area (Å²) in [6.45, 7) is 0.